The topological polar surface area (TPSA) is 89.5 Å². The smallest absolute Gasteiger partial charge is 0.304 e. The van der Waals surface area contributed by atoms with Gasteiger partial charge in [0.05, 0.1) is 4.92 Å². The lowest BCUT2D eigenvalue weighted by Crippen LogP contribution is -2.41. The SMILES string of the molecule is CN(C(=O)c1cccc(N)c1[N+](=O)[O-])C1CCC1. The van der Waals surface area contributed by atoms with E-state index in [1.165, 1.54) is 12.1 Å². The first kappa shape index (κ1) is 12.3. The Morgan fingerprint density at radius 2 is 2.17 bits per heavy atom. The molecule has 6 nitrogen and oxygen atoms in total. The van der Waals surface area contributed by atoms with Crippen molar-refractivity contribution in [3.05, 3.63) is 33.9 Å². The fraction of sp³-hybridized carbons (Fsp3) is 0.417. The van der Waals surface area contributed by atoms with Gasteiger partial charge in [0, 0.05) is 13.1 Å². The first-order valence-electron chi connectivity index (χ1n) is 5.82. The number of nitrogen functional groups attached to an aromatic ring is 1. The van der Waals surface area contributed by atoms with E-state index in [9.17, 15) is 14.9 Å². The van der Waals surface area contributed by atoms with Crippen LogP contribution >= 0.6 is 0 Å². The Morgan fingerprint density at radius 3 is 2.67 bits per heavy atom. The highest BCUT2D eigenvalue weighted by Gasteiger charge is 2.31. The first-order valence-corrected chi connectivity index (χ1v) is 5.82. The van der Waals surface area contributed by atoms with Crippen LogP contribution in [0.15, 0.2) is 18.2 Å². The Balaban J connectivity index is 2.35. The highest BCUT2D eigenvalue weighted by atomic mass is 16.6. The lowest BCUT2D eigenvalue weighted by Gasteiger charge is -2.34. The highest BCUT2D eigenvalue weighted by molar-refractivity contribution is 6.00. The van der Waals surface area contributed by atoms with Crippen LogP contribution in [0.5, 0.6) is 0 Å². The maximum atomic E-state index is 12.2. The predicted octanol–water partition coefficient (Wildman–Crippen LogP) is 1.80. The molecule has 1 aromatic carbocycles. The average Bonchev–Trinajstić information content (AvgIpc) is 2.24. The summed E-state index contributed by atoms with van der Waals surface area (Å²) in [4.78, 5) is 24.2. The molecule has 1 aliphatic rings. The molecule has 0 bridgehead atoms. The van der Waals surface area contributed by atoms with Crippen molar-refractivity contribution >= 4 is 17.3 Å². The van der Waals surface area contributed by atoms with Crippen LogP contribution in [0.2, 0.25) is 0 Å². The lowest BCUT2D eigenvalue weighted by atomic mass is 9.91. The molecule has 1 aromatic rings. The Labute approximate surface area is 105 Å². The van der Waals surface area contributed by atoms with Crippen molar-refractivity contribution in [1.29, 1.82) is 0 Å². The van der Waals surface area contributed by atoms with Crippen LogP contribution in [0.1, 0.15) is 29.6 Å². The zero-order valence-corrected chi connectivity index (χ0v) is 10.1. The van der Waals surface area contributed by atoms with Crippen molar-refractivity contribution in [2.45, 2.75) is 25.3 Å². The van der Waals surface area contributed by atoms with Gasteiger partial charge in [-0.15, -0.1) is 0 Å². The summed E-state index contributed by atoms with van der Waals surface area (Å²) in [6, 6.07) is 4.63. The molecule has 0 aliphatic heterocycles. The van der Waals surface area contributed by atoms with Gasteiger partial charge in [-0.3, -0.25) is 14.9 Å². The van der Waals surface area contributed by atoms with E-state index in [1.807, 2.05) is 0 Å². The number of hydrogen-bond donors (Lipinski definition) is 1. The highest BCUT2D eigenvalue weighted by Crippen LogP contribution is 2.30. The number of nitro groups is 1. The number of carbonyl (C=O) groups is 1. The molecule has 2 N–H and O–H groups in total. The molecule has 2 rings (SSSR count). The van der Waals surface area contributed by atoms with Crippen molar-refractivity contribution in [3.8, 4) is 0 Å². The van der Waals surface area contributed by atoms with E-state index in [0.29, 0.717) is 0 Å². The molecule has 0 unspecified atom stereocenters. The monoisotopic (exact) mass is 249 g/mol. The molecule has 0 radical (unpaired) electrons. The van der Waals surface area contributed by atoms with E-state index in [4.69, 9.17) is 5.73 Å². The maximum Gasteiger partial charge on any atom is 0.304 e. The molecule has 1 amide bonds. The van der Waals surface area contributed by atoms with Gasteiger partial charge in [0.2, 0.25) is 0 Å². The number of rotatable bonds is 3. The summed E-state index contributed by atoms with van der Waals surface area (Å²) in [5.41, 5.74) is 5.36. The fourth-order valence-electron chi connectivity index (χ4n) is 2.07. The Hall–Kier alpha value is -2.11. The van der Waals surface area contributed by atoms with E-state index in [0.717, 1.165) is 19.3 Å². The standard InChI is InChI=1S/C12H15N3O3/c1-14(8-4-2-5-8)12(16)9-6-3-7-10(13)11(9)15(17)18/h3,6-8H,2,4-5,13H2,1H3. The number of nitro benzene ring substituents is 1. The quantitative estimate of drug-likeness (QED) is 0.502. The van der Waals surface area contributed by atoms with Gasteiger partial charge in [-0.2, -0.15) is 0 Å². The minimum Gasteiger partial charge on any atom is -0.393 e. The number of carbonyl (C=O) groups excluding carboxylic acids is 1. The normalized spacial score (nSPS) is 14.9. The number of benzene rings is 1. The summed E-state index contributed by atoms with van der Waals surface area (Å²) in [5, 5.41) is 11.0. The molecule has 0 atom stereocenters. The molecule has 18 heavy (non-hydrogen) atoms. The number of hydrogen-bond acceptors (Lipinski definition) is 4. The summed E-state index contributed by atoms with van der Waals surface area (Å²) in [6.07, 6.45) is 3.01. The first-order chi connectivity index (χ1) is 8.52. The number of anilines is 1. The largest absolute Gasteiger partial charge is 0.393 e. The van der Waals surface area contributed by atoms with Gasteiger partial charge in [-0.05, 0) is 31.4 Å². The Kier molecular flexibility index (Phi) is 3.18. The molecule has 6 heteroatoms. The van der Waals surface area contributed by atoms with E-state index >= 15 is 0 Å². The summed E-state index contributed by atoms with van der Waals surface area (Å²) < 4.78 is 0. The van der Waals surface area contributed by atoms with Gasteiger partial charge in [0.1, 0.15) is 11.3 Å². The second kappa shape index (κ2) is 4.64. The fourth-order valence-corrected chi connectivity index (χ4v) is 2.07. The third kappa shape index (κ3) is 2.01. The molecule has 0 aromatic heterocycles. The van der Waals surface area contributed by atoms with Gasteiger partial charge in [-0.25, -0.2) is 0 Å². The third-order valence-electron chi connectivity index (χ3n) is 3.42. The van der Waals surface area contributed by atoms with Gasteiger partial charge in [-0.1, -0.05) is 6.07 Å². The van der Waals surface area contributed by atoms with Gasteiger partial charge in [0.15, 0.2) is 0 Å². The second-order valence-electron chi connectivity index (χ2n) is 4.50. The van der Waals surface area contributed by atoms with Crippen LogP contribution in [-0.2, 0) is 0 Å². The summed E-state index contributed by atoms with van der Waals surface area (Å²) >= 11 is 0. The number of nitrogens with two attached hydrogens (primary N) is 1. The predicted molar refractivity (Wildman–Crippen MR) is 67.2 cm³/mol. The van der Waals surface area contributed by atoms with Crippen LogP contribution in [0, 0.1) is 10.1 Å². The number of para-hydroxylation sites is 1. The van der Waals surface area contributed by atoms with Gasteiger partial charge in [0.25, 0.3) is 5.91 Å². The third-order valence-corrected chi connectivity index (χ3v) is 3.42. The Bertz CT molecular complexity index is 497. The molecule has 0 heterocycles. The molecule has 1 saturated carbocycles. The zero-order valence-electron chi connectivity index (χ0n) is 10.1. The maximum absolute atomic E-state index is 12.2. The Morgan fingerprint density at radius 1 is 1.50 bits per heavy atom. The molecule has 1 fully saturated rings. The van der Waals surface area contributed by atoms with Crippen LogP contribution in [-0.4, -0.2) is 28.8 Å². The van der Waals surface area contributed by atoms with Crippen molar-refractivity contribution in [3.63, 3.8) is 0 Å². The molecular weight excluding hydrogens is 234 g/mol. The van der Waals surface area contributed by atoms with Crippen LogP contribution in [0.3, 0.4) is 0 Å². The average molecular weight is 249 g/mol. The van der Waals surface area contributed by atoms with Gasteiger partial charge < -0.3 is 10.6 Å². The minimum absolute atomic E-state index is 0.0212. The van der Waals surface area contributed by atoms with Crippen LogP contribution in [0.25, 0.3) is 0 Å². The van der Waals surface area contributed by atoms with E-state index in [1.54, 1.807) is 18.0 Å². The zero-order chi connectivity index (χ0) is 13.3. The number of nitrogens with zero attached hydrogens (tertiary/aromatic N) is 2. The van der Waals surface area contributed by atoms with Gasteiger partial charge >= 0.3 is 5.69 Å². The van der Waals surface area contributed by atoms with E-state index < -0.39 is 4.92 Å². The molecule has 0 spiro atoms. The molecular formula is C12H15N3O3. The van der Waals surface area contributed by atoms with Crippen molar-refractivity contribution in [2.24, 2.45) is 0 Å². The van der Waals surface area contributed by atoms with E-state index in [2.05, 4.69) is 0 Å². The van der Waals surface area contributed by atoms with Crippen molar-refractivity contribution in [1.82, 2.24) is 4.90 Å². The van der Waals surface area contributed by atoms with Crippen molar-refractivity contribution in [2.75, 3.05) is 12.8 Å². The van der Waals surface area contributed by atoms with Crippen LogP contribution < -0.4 is 5.73 Å². The second-order valence-corrected chi connectivity index (χ2v) is 4.50. The minimum atomic E-state index is -0.600. The van der Waals surface area contributed by atoms with E-state index in [-0.39, 0.29) is 28.9 Å². The molecule has 0 saturated heterocycles. The summed E-state index contributed by atoms with van der Waals surface area (Å²) in [7, 11) is 1.68. The lowest BCUT2D eigenvalue weighted by molar-refractivity contribution is -0.384. The van der Waals surface area contributed by atoms with Crippen LogP contribution in [0.4, 0.5) is 11.4 Å². The molecule has 1 aliphatic carbocycles. The summed E-state index contributed by atoms with van der Waals surface area (Å²) in [5.74, 6) is -0.335. The number of amides is 1. The summed E-state index contributed by atoms with van der Waals surface area (Å²) in [6.45, 7) is 0. The molecule has 96 valence electrons. The van der Waals surface area contributed by atoms with Crippen molar-refractivity contribution < 1.29 is 9.72 Å².